The van der Waals surface area contributed by atoms with Gasteiger partial charge in [-0.3, -0.25) is 4.79 Å². The standard InChI is InChI=1S/C18H23N3O4S/c1-11-15(17(22)21-6-8-25-9-7-21)16(20-18(26)19-11)12-4-5-13(23-2)14(10-12)24-3/h4-5,10,16H,6-9H2,1-3H3,(H2,19,20,26). The van der Waals surface area contributed by atoms with Crippen LogP contribution in [-0.2, 0) is 9.53 Å². The second-order valence-electron chi connectivity index (χ2n) is 6.09. The first-order valence-corrected chi connectivity index (χ1v) is 8.83. The number of methoxy groups -OCH3 is 2. The van der Waals surface area contributed by atoms with E-state index < -0.39 is 0 Å². The molecular weight excluding hydrogens is 354 g/mol. The fourth-order valence-electron chi connectivity index (χ4n) is 3.20. The van der Waals surface area contributed by atoms with Crippen LogP contribution in [0.15, 0.2) is 29.5 Å². The number of amides is 1. The van der Waals surface area contributed by atoms with Crippen LogP contribution in [0.25, 0.3) is 0 Å². The number of thiocarbonyl (C=S) groups is 1. The molecule has 1 aromatic carbocycles. The highest BCUT2D eigenvalue weighted by atomic mass is 32.1. The first-order valence-electron chi connectivity index (χ1n) is 8.42. The summed E-state index contributed by atoms with van der Waals surface area (Å²) < 4.78 is 16.1. The zero-order valence-electron chi connectivity index (χ0n) is 15.1. The van der Waals surface area contributed by atoms with Crippen LogP contribution >= 0.6 is 12.2 Å². The summed E-state index contributed by atoms with van der Waals surface area (Å²) in [7, 11) is 3.18. The largest absolute Gasteiger partial charge is 0.493 e. The van der Waals surface area contributed by atoms with Crippen molar-refractivity contribution in [3.8, 4) is 11.5 Å². The molecule has 0 saturated carbocycles. The Hall–Kier alpha value is -2.32. The highest BCUT2D eigenvalue weighted by molar-refractivity contribution is 7.80. The predicted molar refractivity (Wildman–Crippen MR) is 101 cm³/mol. The molecule has 7 nitrogen and oxygen atoms in total. The number of rotatable bonds is 4. The molecule has 1 fully saturated rings. The molecule has 2 aliphatic heterocycles. The molecule has 2 aliphatic rings. The monoisotopic (exact) mass is 377 g/mol. The number of hydrogen-bond donors (Lipinski definition) is 2. The van der Waals surface area contributed by atoms with Crippen molar-refractivity contribution in [2.24, 2.45) is 0 Å². The van der Waals surface area contributed by atoms with Gasteiger partial charge in [-0.15, -0.1) is 0 Å². The first-order chi connectivity index (χ1) is 12.5. The quantitative estimate of drug-likeness (QED) is 0.768. The number of nitrogens with zero attached hydrogens (tertiary/aromatic N) is 1. The van der Waals surface area contributed by atoms with Crippen molar-refractivity contribution >= 4 is 23.2 Å². The van der Waals surface area contributed by atoms with Crippen LogP contribution < -0.4 is 20.1 Å². The Morgan fingerprint density at radius 1 is 1.23 bits per heavy atom. The van der Waals surface area contributed by atoms with E-state index in [9.17, 15) is 4.79 Å². The molecule has 1 aromatic rings. The van der Waals surface area contributed by atoms with Crippen molar-refractivity contribution in [1.82, 2.24) is 15.5 Å². The normalized spacial score (nSPS) is 20.3. The maximum Gasteiger partial charge on any atom is 0.254 e. The number of benzene rings is 1. The highest BCUT2D eigenvalue weighted by Gasteiger charge is 2.33. The Bertz CT molecular complexity index is 744. The fourth-order valence-corrected chi connectivity index (χ4v) is 3.47. The van der Waals surface area contributed by atoms with Crippen molar-refractivity contribution in [1.29, 1.82) is 0 Å². The summed E-state index contributed by atoms with van der Waals surface area (Å²) in [5.74, 6) is 1.22. The van der Waals surface area contributed by atoms with Crippen molar-refractivity contribution < 1.29 is 19.0 Å². The van der Waals surface area contributed by atoms with E-state index in [1.165, 1.54) is 0 Å². The topological polar surface area (TPSA) is 72.1 Å². The second-order valence-corrected chi connectivity index (χ2v) is 6.50. The summed E-state index contributed by atoms with van der Waals surface area (Å²) >= 11 is 5.31. The number of allylic oxidation sites excluding steroid dienone is 1. The molecule has 1 unspecified atom stereocenters. The van der Waals surface area contributed by atoms with E-state index in [4.69, 9.17) is 26.4 Å². The van der Waals surface area contributed by atoms with Gasteiger partial charge in [0.05, 0.1) is 39.0 Å². The molecule has 0 aliphatic carbocycles. The van der Waals surface area contributed by atoms with E-state index in [1.54, 1.807) is 14.2 Å². The smallest absolute Gasteiger partial charge is 0.254 e. The van der Waals surface area contributed by atoms with Gasteiger partial charge < -0.3 is 29.7 Å². The van der Waals surface area contributed by atoms with Gasteiger partial charge in [-0.2, -0.15) is 0 Å². The maximum atomic E-state index is 13.2. The molecule has 8 heteroatoms. The summed E-state index contributed by atoms with van der Waals surface area (Å²) in [4.78, 5) is 15.0. The molecule has 26 heavy (non-hydrogen) atoms. The van der Waals surface area contributed by atoms with E-state index in [-0.39, 0.29) is 11.9 Å². The van der Waals surface area contributed by atoms with Gasteiger partial charge in [-0.05, 0) is 36.8 Å². The van der Waals surface area contributed by atoms with Gasteiger partial charge in [0, 0.05) is 18.8 Å². The van der Waals surface area contributed by atoms with Gasteiger partial charge in [0.1, 0.15) is 0 Å². The van der Waals surface area contributed by atoms with E-state index >= 15 is 0 Å². The van der Waals surface area contributed by atoms with E-state index in [1.807, 2.05) is 30.0 Å². The van der Waals surface area contributed by atoms with Crippen LogP contribution in [-0.4, -0.2) is 56.4 Å². The first kappa shape index (κ1) is 18.5. The van der Waals surface area contributed by atoms with Gasteiger partial charge in [0.25, 0.3) is 5.91 Å². The Morgan fingerprint density at radius 3 is 2.58 bits per heavy atom. The van der Waals surface area contributed by atoms with E-state index in [2.05, 4.69) is 10.6 Å². The molecule has 0 bridgehead atoms. The van der Waals surface area contributed by atoms with Crippen LogP contribution in [0.3, 0.4) is 0 Å². The van der Waals surface area contributed by atoms with Gasteiger partial charge in [0.15, 0.2) is 16.6 Å². The average molecular weight is 377 g/mol. The van der Waals surface area contributed by atoms with E-state index in [0.717, 1.165) is 11.3 Å². The number of ether oxygens (including phenoxy) is 3. The third kappa shape index (κ3) is 3.61. The molecule has 2 N–H and O–H groups in total. The molecule has 1 atom stereocenters. The van der Waals surface area contributed by atoms with Gasteiger partial charge in [-0.25, -0.2) is 0 Å². The Kier molecular flexibility index (Phi) is 5.63. The zero-order valence-corrected chi connectivity index (χ0v) is 15.9. The number of hydrogen-bond acceptors (Lipinski definition) is 5. The lowest BCUT2D eigenvalue weighted by molar-refractivity contribution is -0.131. The fraction of sp³-hybridized carbons (Fsp3) is 0.444. The van der Waals surface area contributed by atoms with Crippen molar-refractivity contribution in [3.63, 3.8) is 0 Å². The summed E-state index contributed by atoms with van der Waals surface area (Å²) in [6.07, 6.45) is 0. The van der Waals surface area contributed by atoms with Gasteiger partial charge in [-0.1, -0.05) is 6.07 Å². The van der Waals surface area contributed by atoms with Crippen molar-refractivity contribution in [2.45, 2.75) is 13.0 Å². The van der Waals surface area contributed by atoms with Crippen molar-refractivity contribution in [2.75, 3.05) is 40.5 Å². The Morgan fingerprint density at radius 2 is 1.92 bits per heavy atom. The lowest BCUT2D eigenvalue weighted by Gasteiger charge is -2.35. The maximum absolute atomic E-state index is 13.2. The minimum absolute atomic E-state index is 0.0203. The number of morpholine rings is 1. The summed E-state index contributed by atoms with van der Waals surface area (Å²) in [6, 6.07) is 5.24. The average Bonchev–Trinajstić information content (AvgIpc) is 2.67. The molecular formula is C18H23N3O4S. The SMILES string of the molecule is COc1ccc(C2NC(=S)NC(C)=C2C(=O)N2CCOCC2)cc1OC. The van der Waals surface area contributed by atoms with Gasteiger partial charge in [0.2, 0.25) is 0 Å². The predicted octanol–water partition coefficient (Wildman–Crippen LogP) is 1.36. The molecule has 3 rings (SSSR count). The number of nitrogens with one attached hydrogen (secondary N) is 2. The highest BCUT2D eigenvalue weighted by Crippen LogP contribution is 2.34. The molecule has 1 amide bonds. The minimum atomic E-state index is -0.362. The third-order valence-electron chi connectivity index (χ3n) is 4.54. The van der Waals surface area contributed by atoms with Crippen LogP contribution in [0.5, 0.6) is 11.5 Å². The van der Waals surface area contributed by atoms with Crippen LogP contribution in [0.1, 0.15) is 18.5 Å². The lowest BCUT2D eigenvalue weighted by Crippen LogP contribution is -2.49. The van der Waals surface area contributed by atoms with Crippen LogP contribution in [0.2, 0.25) is 0 Å². The van der Waals surface area contributed by atoms with Crippen LogP contribution in [0, 0.1) is 0 Å². The van der Waals surface area contributed by atoms with Gasteiger partial charge >= 0.3 is 0 Å². The van der Waals surface area contributed by atoms with Crippen LogP contribution in [0.4, 0.5) is 0 Å². The molecule has 0 radical (unpaired) electrons. The zero-order chi connectivity index (χ0) is 18.7. The van der Waals surface area contributed by atoms with E-state index in [0.29, 0.717) is 48.5 Å². The molecule has 1 saturated heterocycles. The molecule has 2 heterocycles. The summed E-state index contributed by atoms with van der Waals surface area (Å²) in [6.45, 7) is 4.14. The lowest BCUT2D eigenvalue weighted by atomic mass is 9.94. The van der Waals surface area contributed by atoms with Crippen molar-refractivity contribution in [3.05, 3.63) is 35.0 Å². The Balaban J connectivity index is 1.98. The Labute approximate surface area is 158 Å². The number of carbonyl (C=O) groups excluding carboxylic acids is 1. The number of carbonyl (C=O) groups is 1. The summed E-state index contributed by atoms with van der Waals surface area (Å²) in [5, 5.41) is 6.76. The molecule has 0 spiro atoms. The second kappa shape index (κ2) is 7.92. The summed E-state index contributed by atoms with van der Waals surface area (Å²) in [5.41, 5.74) is 2.28. The molecule has 140 valence electrons. The molecule has 0 aromatic heterocycles. The minimum Gasteiger partial charge on any atom is -0.493 e. The third-order valence-corrected chi connectivity index (χ3v) is 4.76.